The lowest BCUT2D eigenvalue weighted by Crippen LogP contribution is -2.40. The van der Waals surface area contributed by atoms with E-state index in [1.54, 1.807) is 81.4 Å². The van der Waals surface area contributed by atoms with Gasteiger partial charge in [-0.1, -0.05) is 48.0 Å². The van der Waals surface area contributed by atoms with Crippen LogP contribution < -0.4 is 4.74 Å². The van der Waals surface area contributed by atoms with Crippen molar-refractivity contribution in [2.45, 2.75) is 38.9 Å². The largest absolute Gasteiger partial charge is 0.482 e. The highest BCUT2D eigenvalue weighted by molar-refractivity contribution is 6.30. The van der Waals surface area contributed by atoms with E-state index in [1.165, 1.54) is 4.90 Å². The molecule has 0 aromatic heterocycles. The van der Waals surface area contributed by atoms with Gasteiger partial charge in [0.15, 0.2) is 12.4 Å². The summed E-state index contributed by atoms with van der Waals surface area (Å²) in [5.41, 5.74) is 1.73. The third-order valence-corrected chi connectivity index (χ3v) is 5.88. The summed E-state index contributed by atoms with van der Waals surface area (Å²) < 4.78 is 10.6. The Balaban J connectivity index is 1.65. The van der Waals surface area contributed by atoms with E-state index in [0.29, 0.717) is 33.9 Å². The summed E-state index contributed by atoms with van der Waals surface area (Å²) in [6.07, 6.45) is -1.01. The number of nitrogens with zero attached hydrogens (tertiary/aromatic N) is 1. The van der Waals surface area contributed by atoms with Crippen molar-refractivity contribution in [1.82, 2.24) is 4.90 Å². The Labute approximate surface area is 232 Å². The molecule has 3 rings (SSSR count). The zero-order valence-electron chi connectivity index (χ0n) is 22.1. The molecule has 0 saturated heterocycles. The molecule has 3 aromatic carbocycles. The zero-order chi connectivity index (χ0) is 28.6. The van der Waals surface area contributed by atoms with Crippen molar-refractivity contribution in [2.24, 2.45) is 0 Å². The zero-order valence-corrected chi connectivity index (χ0v) is 22.9. The number of carboxylic acids is 1. The second kappa shape index (κ2) is 13.3. The minimum Gasteiger partial charge on any atom is -0.482 e. The first-order valence-electron chi connectivity index (χ1n) is 12.4. The average Bonchev–Trinajstić information content (AvgIpc) is 2.89. The maximum Gasteiger partial charge on any atom is 0.410 e. The van der Waals surface area contributed by atoms with Gasteiger partial charge in [0.2, 0.25) is 0 Å². The molecule has 0 aliphatic heterocycles. The topological polar surface area (TPSA) is 113 Å². The summed E-state index contributed by atoms with van der Waals surface area (Å²) in [5, 5.41) is 20.0. The quantitative estimate of drug-likeness (QED) is 0.299. The Hall–Kier alpha value is -3.88. The molecule has 3 aromatic rings. The maximum atomic E-state index is 12.9. The van der Waals surface area contributed by atoms with Gasteiger partial charge in [0.1, 0.15) is 11.4 Å². The Kier molecular flexibility index (Phi) is 10.1. The number of hydrogen-bond donors (Lipinski definition) is 2. The molecule has 0 unspecified atom stereocenters. The van der Waals surface area contributed by atoms with Crippen molar-refractivity contribution in [3.63, 3.8) is 0 Å². The Bertz CT molecular complexity index is 1280. The van der Waals surface area contributed by atoms with Gasteiger partial charge in [-0.15, -0.1) is 0 Å². The normalized spacial score (nSPS) is 11.9. The Morgan fingerprint density at radius 1 is 0.949 bits per heavy atom. The van der Waals surface area contributed by atoms with Crippen LogP contribution in [0.5, 0.6) is 5.75 Å². The minimum absolute atomic E-state index is 0.0258. The number of amides is 1. The summed E-state index contributed by atoms with van der Waals surface area (Å²) in [5.74, 6) is -0.910. The van der Waals surface area contributed by atoms with Gasteiger partial charge >= 0.3 is 12.1 Å². The van der Waals surface area contributed by atoms with Crippen LogP contribution in [0.3, 0.4) is 0 Å². The predicted molar refractivity (Wildman–Crippen MR) is 147 cm³/mol. The monoisotopic (exact) mass is 553 g/mol. The number of benzene rings is 3. The molecule has 0 aliphatic rings. The number of ketones is 1. The number of carboxylic acid groups (broad SMARTS) is 1. The first-order chi connectivity index (χ1) is 18.4. The first-order valence-corrected chi connectivity index (χ1v) is 12.8. The Morgan fingerprint density at radius 3 is 2.13 bits per heavy atom. The fraction of sp³-hybridized carbons (Fsp3) is 0.300. The van der Waals surface area contributed by atoms with Crippen molar-refractivity contribution in [3.05, 3.63) is 100 Å². The standard InChI is InChI=1S/C30H32ClNO7/c1-30(2,3)39-29(37)32(18-26(33)23-5-4-6-24(31)17-23)16-15-20-7-9-21(10-8-20)28(36)22-11-13-25(14-12-22)38-19-27(34)35/h4-14,17,26,33H,15-16,18-19H2,1-3H3,(H,34,35)/t26-/m1/s1. The molecule has 9 heteroatoms. The lowest BCUT2D eigenvalue weighted by atomic mass is 10.0. The van der Waals surface area contributed by atoms with Crippen molar-refractivity contribution in [3.8, 4) is 5.75 Å². The number of aliphatic hydroxyl groups is 1. The first kappa shape index (κ1) is 29.7. The molecule has 0 radical (unpaired) electrons. The molecule has 0 spiro atoms. The molecule has 0 heterocycles. The van der Waals surface area contributed by atoms with Crippen LogP contribution in [-0.4, -0.2) is 58.3 Å². The van der Waals surface area contributed by atoms with Gasteiger partial charge < -0.3 is 24.6 Å². The van der Waals surface area contributed by atoms with Gasteiger partial charge in [-0.3, -0.25) is 4.79 Å². The highest BCUT2D eigenvalue weighted by Crippen LogP contribution is 2.21. The molecule has 1 atom stereocenters. The molecule has 1 amide bonds. The van der Waals surface area contributed by atoms with E-state index in [0.717, 1.165) is 5.56 Å². The van der Waals surface area contributed by atoms with Crippen molar-refractivity contribution >= 4 is 29.4 Å². The number of aliphatic carboxylic acids is 1. The number of hydrogen-bond acceptors (Lipinski definition) is 6. The SMILES string of the molecule is CC(C)(C)OC(=O)N(CCc1ccc(C(=O)c2ccc(OCC(=O)O)cc2)cc1)C[C@@H](O)c1cccc(Cl)c1. The summed E-state index contributed by atoms with van der Waals surface area (Å²) in [4.78, 5) is 37.8. The fourth-order valence-electron chi connectivity index (χ4n) is 3.71. The minimum atomic E-state index is -1.08. The second-order valence-electron chi connectivity index (χ2n) is 9.98. The van der Waals surface area contributed by atoms with Gasteiger partial charge in [0.05, 0.1) is 12.6 Å². The number of carbonyl (C=O) groups excluding carboxylic acids is 2. The Morgan fingerprint density at radius 2 is 1.56 bits per heavy atom. The summed E-state index contributed by atoms with van der Waals surface area (Å²) >= 11 is 6.06. The van der Waals surface area contributed by atoms with Crippen LogP contribution in [0, 0.1) is 0 Å². The number of ether oxygens (including phenoxy) is 2. The van der Waals surface area contributed by atoms with Crippen LogP contribution in [0.25, 0.3) is 0 Å². The van der Waals surface area contributed by atoms with E-state index in [9.17, 15) is 19.5 Å². The van der Waals surface area contributed by atoms with Gasteiger partial charge in [-0.2, -0.15) is 0 Å². The molecule has 0 saturated carbocycles. The van der Waals surface area contributed by atoms with Gasteiger partial charge in [0.25, 0.3) is 0 Å². The molecule has 0 fully saturated rings. The molecule has 0 aliphatic carbocycles. The van der Waals surface area contributed by atoms with Gasteiger partial charge in [-0.25, -0.2) is 9.59 Å². The smallest absolute Gasteiger partial charge is 0.410 e. The van der Waals surface area contributed by atoms with Gasteiger partial charge in [0, 0.05) is 22.7 Å². The maximum absolute atomic E-state index is 12.9. The summed E-state index contributed by atoms with van der Waals surface area (Å²) in [6.45, 7) is 5.20. The molecular formula is C30H32ClNO7. The lowest BCUT2D eigenvalue weighted by Gasteiger charge is -2.29. The third kappa shape index (κ3) is 9.42. The predicted octanol–water partition coefficient (Wildman–Crippen LogP) is 5.55. The molecule has 0 bridgehead atoms. The highest BCUT2D eigenvalue weighted by Gasteiger charge is 2.24. The molecule has 206 valence electrons. The average molecular weight is 554 g/mol. The van der Waals surface area contributed by atoms with Crippen molar-refractivity contribution in [2.75, 3.05) is 19.7 Å². The van der Waals surface area contributed by atoms with Crippen LogP contribution in [-0.2, 0) is 16.0 Å². The highest BCUT2D eigenvalue weighted by atomic mass is 35.5. The summed E-state index contributed by atoms with van der Waals surface area (Å²) in [7, 11) is 0. The third-order valence-electron chi connectivity index (χ3n) is 5.64. The van der Waals surface area contributed by atoms with E-state index in [2.05, 4.69) is 0 Å². The fourth-order valence-corrected chi connectivity index (χ4v) is 3.91. The molecule has 2 N–H and O–H groups in total. The van der Waals surface area contributed by atoms with Crippen LogP contribution in [0.4, 0.5) is 4.79 Å². The molecule has 8 nitrogen and oxygen atoms in total. The van der Waals surface area contributed by atoms with Gasteiger partial charge in [-0.05, 0) is 74.7 Å². The van der Waals surface area contributed by atoms with Crippen molar-refractivity contribution in [1.29, 1.82) is 0 Å². The van der Waals surface area contributed by atoms with Crippen LogP contribution >= 0.6 is 11.6 Å². The van der Waals surface area contributed by atoms with Crippen molar-refractivity contribution < 1.29 is 34.1 Å². The van der Waals surface area contributed by atoms with E-state index in [1.807, 2.05) is 12.1 Å². The second-order valence-corrected chi connectivity index (χ2v) is 10.4. The number of aliphatic hydroxyl groups excluding tert-OH is 1. The number of rotatable bonds is 11. The molecular weight excluding hydrogens is 522 g/mol. The number of carbonyl (C=O) groups is 3. The van der Waals surface area contributed by atoms with Crippen LogP contribution in [0.2, 0.25) is 5.02 Å². The van der Waals surface area contributed by atoms with E-state index in [4.69, 9.17) is 26.2 Å². The lowest BCUT2D eigenvalue weighted by molar-refractivity contribution is -0.139. The van der Waals surface area contributed by atoms with E-state index in [-0.39, 0.29) is 18.9 Å². The summed E-state index contributed by atoms with van der Waals surface area (Å²) in [6, 6.07) is 20.2. The van der Waals surface area contributed by atoms with E-state index < -0.39 is 30.4 Å². The number of halogens is 1. The van der Waals surface area contributed by atoms with Crippen LogP contribution in [0.15, 0.2) is 72.8 Å². The van der Waals surface area contributed by atoms with Crippen LogP contribution in [0.1, 0.15) is 53.9 Å². The van der Waals surface area contributed by atoms with E-state index >= 15 is 0 Å². The molecule has 39 heavy (non-hydrogen) atoms.